The minimum Gasteiger partial charge on any atom is -0.494 e. The van der Waals surface area contributed by atoms with E-state index in [1.807, 2.05) is 36.0 Å². The molecule has 0 unspecified atom stereocenters. The average Bonchev–Trinajstić information content (AvgIpc) is 2.86. The monoisotopic (exact) mass is 536 g/mol. The van der Waals surface area contributed by atoms with Gasteiger partial charge in [-0.2, -0.15) is 0 Å². The number of benzene rings is 2. The second-order valence-corrected chi connectivity index (χ2v) is 10.1. The minimum atomic E-state index is -0.890. The first-order valence-corrected chi connectivity index (χ1v) is 13.4. The van der Waals surface area contributed by atoms with E-state index < -0.39 is 17.9 Å². The summed E-state index contributed by atoms with van der Waals surface area (Å²) in [7, 11) is 1.28. The van der Waals surface area contributed by atoms with Gasteiger partial charge in [0.15, 0.2) is 0 Å². The van der Waals surface area contributed by atoms with Crippen LogP contribution in [0.5, 0.6) is 5.75 Å². The van der Waals surface area contributed by atoms with Gasteiger partial charge in [-0.3, -0.25) is 9.79 Å². The third kappa shape index (κ3) is 8.74. The molecule has 0 fully saturated rings. The molecule has 2 aromatic carbocycles. The molecule has 1 aliphatic heterocycles. The highest BCUT2D eigenvalue weighted by molar-refractivity contribution is 8.14. The molecular weight excluding hydrogens is 507 g/mol. The Labute approximate surface area is 220 Å². The van der Waals surface area contributed by atoms with Crippen molar-refractivity contribution in [3.8, 4) is 5.75 Å². The predicted molar refractivity (Wildman–Crippen MR) is 143 cm³/mol. The Kier molecular flexibility index (Phi) is 11.2. The summed E-state index contributed by atoms with van der Waals surface area (Å²) in [5, 5.41) is 4.40. The van der Waals surface area contributed by atoms with Gasteiger partial charge >= 0.3 is 5.97 Å². The lowest BCUT2D eigenvalue weighted by atomic mass is 10.0. The molecule has 9 heteroatoms. The molecule has 6 nitrogen and oxygen atoms in total. The number of thioether (sulfide) groups is 1. The normalized spacial score (nSPS) is 14.1. The fourth-order valence-electron chi connectivity index (χ4n) is 3.64. The van der Waals surface area contributed by atoms with Gasteiger partial charge in [-0.1, -0.05) is 41.4 Å². The van der Waals surface area contributed by atoms with E-state index in [0.717, 1.165) is 43.5 Å². The number of esters is 1. The summed E-state index contributed by atoms with van der Waals surface area (Å²) in [4.78, 5) is 29.6. The van der Waals surface area contributed by atoms with Crippen LogP contribution >= 0.6 is 35.0 Å². The SMILES string of the molecule is COC(=O)[C@H](Cc1ccc(OCCCCCC2=NCCCS2)cc1)NC(=O)c1c(Cl)cccc1Cl. The maximum absolute atomic E-state index is 12.7. The van der Waals surface area contributed by atoms with Crippen LogP contribution in [-0.2, 0) is 16.0 Å². The molecule has 0 spiro atoms. The number of hydrogen-bond donors (Lipinski definition) is 1. The Morgan fingerprint density at radius 1 is 1.09 bits per heavy atom. The molecule has 188 valence electrons. The summed E-state index contributed by atoms with van der Waals surface area (Å²) in [6.07, 6.45) is 5.74. The molecule has 1 N–H and O–H groups in total. The quantitative estimate of drug-likeness (QED) is 0.266. The number of methoxy groups -OCH3 is 1. The number of rotatable bonds is 12. The fraction of sp³-hybridized carbons (Fsp3) is 0.423. The van der Waals surface area contributed by atoms with E-state index in [9.17, 15) is 9.59 Å². The molecule has 0 bridgehead atoms. The van der Waals surface area contributed by atoms with E-state index in [0.29, 0.717) is 6.61 Å². The van der Waals surface area contributed by atoms with Crippen molar-refractivity contribution in [1.82, 2.24) is 5.32 Å². The van der Waals surface area contributed by atoms with Crippen molar-refractivity contribution >= 4 is 51.9 Å². The average molecular weight is 538 g/mol. The lowest BCUT2D eigenvalue weighted by molar-refractivity contribution is -0.142. The number of halogens is 2. The lowest BCUT2D eigenvalue weighted by Gasteiger charge is -2.18. The van der Waals surface area contributed by atoms with Gasteiger partial charge in [-0.15, -0.1) is 11.8 Å². The summed E-state index contributed by atoms with van der Waals surface area (Å²) >= 11 is 14.1. The fourth-order valence-corrected chi connectivity index (χ4v) is 5.19. The van der Waals surface area contributed by atoms with Gasteiger partial charge in [-0.05, 0) is 61.9 Å². The van der Waals surface area contributed by atoms with Crippen molar-refractivity contribution in [3.63, 3.8) is 0 Å². The minimum absolute atomic E-state index is 0.124. The molecular formula is C26H30Cl2N2O4S. The summed E-state index contributed by atoms with van der Waals surface area (Å²) in [6, 6.07) is 11.4. The number of carbonyl (C=O) groups is 2. The smallest absolute Gasteiger partial charge is 0.328 e. The first kappa shape index (κ1) is 27.4. The Balaban J connectivity index is 1.47. The molecule has 35 heavy (non-hydrogen) atoms. The largest absolute Gasteiger partial charge is 0.494 e. The van der Waals surface area contributed by atoms with E-state index in [1.165, 1.54) is 24.3 Å². The first-order valence-electron chi connectivity index (χ1n) is 11.7. The number of hydrogen-bond acceptors (Lipinski definition) is 6. The van der Waals surface area contributed by atoms with Crippen LogP contribution in [0.15, 0.2) is 47.5 Å². The number of carbonyl (C=O) groups excluding carboxylic acids is 2. The van der Waals surface area contributed by atoms with Gasteiger partial charge in [0.05, 0.1) is 34.4 Å². The predicted octanol–water partition coefficient (Wildman–Crippen LogP) is 5.98. The molecule has 0 aromatic heterocycles. The van der Waals surface area contributed by atoms with Crippen LogP contribution in [0, 0.1) is 0 Å². The lowest BCUT2D eigenvalue weighted by Crippen LogP contribution is -2.43. The Hall–Kier alpha value is -2.22. The molecule has 0 aliphatic carbocycles. The molecule has 1 aliphatic rings. The Morgan fingerprint density at radius 3 is 2.49 bits per heavy atom. The third-order valence-corrected chi connectivity index (χ3v) is 7.30. The molecule has 3 rings (SSSR count). The standard InChI is InChI=1S/C26H30Cl2N2O4S/c1-33-26(32)22(30-25(31)24-20(27)7-5-8-21(24)28)17-18-10-12-19(13-11-18)34-15-4-2-3-9-23-29-14-6-16-35-23/h5,7-8,10-13,22H,2-4,6,9,14-17H2,1H3,(H,30,31)/t22-/m0/s1. The van der Waals surface area contributed by atoms with Crippen LogP contribution in [-0.4, -0.2) is 49.0 Å². The Bertz CT molecular complexity index is 1010. The highest BCUT2D eigenvalue weighted by Crippen LogP contribution is 2.24. The first-order chi connectivity index (χ1) is 17.0. The zero-order chi connectivity index (χ0) is 25.0. The maximum Gasteiger partial charge on any atom is 0.328 e. The van der Waals surface area contributed by atoms with Gasteiger partial charge in [0, 0.05) is 18.7 Å². The summed E-state index contributed by atoms with van der Waals surface area (Å²) in [5.41, 5.74) is 0.975. The summed E-state index contributed by atoms with van der Waals surface area (Å²) in [5.74, 6) is 0.868. The topological polar surface area (TPSA) is 77.0 Å². The van der Waals surface area contributed by atoms with Crippen molar-refractivity contribution < 1.29 is 19.1 Å². The van der Waals surface area contributed by atoms with Crippen LogP contribution in [0.1, 0.15) is 48.0 Å². The van der Waals surface area contributed by atoms with Crippen LogP contribution in [0.25, 0.3) is 0 Å². The Morgan fingerprint density at radius 2 is 1.83 bits per heavy atom. The summed E-state index contributed by atoms with van der Waals surface area (Å²) in [6.45, 7) is 1.63. The maximum atomic E-state index is 12.7. The van der Waals surface area contributed by atoms with Crippen molar-refractivity contribution in [2.75, 3.05) is 26.0 Å². The molecule has 0 radical (unpaired) electrons. The number of nitrogens with zero attached hydrogens (tertiary/aromatic N) is 1. The molecule has 1 heterocycles. The van der Waals surface area contributed by atoms with Crippen LogP contribution in [0.4, 0.5) is 0 Å². The number of unbranched alkanes of at least 4 members (excludes halogenated alkanes) is 2. The van der Waals surface area contributed by atoms with E-state index in [4.69, 9.17) is 32.7 Å². The van der Waals surface area contributed by atoms with E-state index in [1.54, 1.807) is 18.2 Å². The summed E-state index contributed by atoms with van der Waals surface area (Å²) < 4.78 is 10.7. The second-order valence-electron chi connectivity index (χ2n) is 8.13. The van der Waals surface area contributed by atoms with Gasteiger partial charge in [0.2, 0.25) is 0 Å². The molecule has 0 saturated heterocycles. The second kappa shape index (κ2) is 14.4. The van der Waals surface area contributed by atoms with Crippen LogP contribution in [0.3, 0.4) is 0 Å². The van der Waals surface area contributed by atoms with Crippen molar-refractivity contribution in [2.24, 2.45) is 4.99 Å². The molecule has 0 saturated carbocycles. The highest BCUT2D eigenvalue weighted by Gasteiger charge is 2.25. The highest BCUT2D eigenvalue weighted by atomic mass is 35.5. The van der Waals surface area contributed by atoms with E-state index >= 15 is 0 Å². The molecule has 1 amide bonds. The molecule has 2 aromatic rings. The van der Waals surface area contributed by atoms with Gasteiger partial charge in [-0.25, -0.2) is 4.79 Å². The van der Waals surface area contributed by atoms with E-state index in [-0.39, 0.29) is 22.0 Å². The number of ether oxygens (including phenoxy) is 2. The van der Waals surface area contributed by atoms with Gasteiger partial charge in [0.1, 0.15) is 11.8 Å². The van der Waals surface area contributed by atoms with Crippen molar-refractivity contribution in [2.45, 2.75) is 44.6 Å². The van der Waals surface area contributed by atoms with Crippen LogP contribution in [0.2, 0.25) is 10.0 Å². The van der Waals surface area contributed by atoms with Crippen molar-refractivity contribution in [3.05, 3.63) is 63.6 Å². The number of nitrogens with one attached hydrogen (secondary N) is 1. The zero-order valence-electron chi connectivity index (χ0n) is 19.7. The number of aliphatic imine (C=N–C) groups is 1. The van der Waals surface area contributed by atoms with E-state index in [2.05, 4.69) is 10.3 Å². The van der Waals surface area contributed by atoms with Crippen LogP contribution < -0.4 is 10.1 Å². The molecule has 1 atom stereocenters. The number of amides is 1. The zero-order valence-corrected chi connectivity index (χ0v) is 22.1. The third-order valence-electron chi connectivity index (χ3n) is 5.51. The van der Waals surface area contributed by atoms with Crippen molar-refractivity contribution in [1.29, 1.82) is 0 Å². The van der Waals surface area contributed by atoms with Gasteiger partial charge < -0.3 is 14.8 Å². The van der Waals surface area contributed by atoms with Gasteiger partial charge in [0.25, 0.3) is 5.91 Å².